The van der Waals surface area contributed by atoms with Crippen molar-refractivity contribution >= 4 is 0 Å². The minimum absolute atomic E-state index is 0.633. The maximum atomic E-state index is 5.53. The summed E-state index contributed by atoms with van der Waals surface area (Å²) in [6.07, 6.45) is 0. The van der Waals surface area contributed by atoms with E-state index in [0.717, 1.165) is 37.8 Å². The third-order valence-electron chi connectivity index (χ3n) is 2.56. The first-order valence-electron chi connectivity index (χ1n) is 6.07. The largest absolute Gasteiger partial charge is 0.486 e. The molecule has 0 atom stereocenters. The molecule has 0 radical (unpaired) electrons. The van der Waals surface area contributed by atoms with Crippen LogP contribution in [0.25, 0.3) is 0 Å². The van der Waals surface area contributed by atoms with E-state index in [1.165, 1.54) is 5.56 Å². The highest BCUT2D eigenvalue weighted by molar-refractivity contribution is 5.43. The zero-order valence-electron chi connectivity index (χ0n) is 10.2. The molecule has 17 heavy (non-hydrogen) atoms. The van der Waals surface area contributed by atoms with Crippen molar-refractivity contribution in [2.75, 3.05) is 33.0 Å². The first-order chi connectivity index (χ1) is 8.40. The van der Waals surface area contributed by atoms with Crippen LogP contribution in [0.5, 0.6) is 11.5 Å². The molecule has 0 saturated heterocycles. The Morgan fingerprint density at radius 2 is 2.06 bits per heavy atom. The summed E-state index contributed by atoms with van der Waals surface area (Å²) in [7, 11) is 0. The molecule has 0 aromatic heterocycles. The fourth-order valence-electron chi connectivity index (χ4n) is 1.72. The van der Waals surface area contributed by atoms with Crippen molar-refractivity contribution in [2.45, 2.75) is 13.5 Å². The van der Waals surface area contributed by atoms with Crippen LogP contribution in [0.3, 0.4) is 0 Å². The van der Waals surface area contributed by atoms with E-state index in [9.17, 15) is 0 Å². The Bertz CT molecular complexity index is 355. The lowest BCUT2D eigenvalue weighted by molar-refractivity contribution is 0.149. The first-order valence-corrected chi connectivity index (χ1v) is 6.07. The molecule has 1 aromatic carbocycles. The Morgan fingerprint density at radius 1 is 1.24 bits per heavy atom. The fourth-order valence-corrected chi connectivity index (χ4v) is 1.72. The monoisotopic (exact) mass is 237 g/mol. The molecule has 4 heteroatoms. The lowest BCUT2D eigenvalue weighted by Gasteiger charge is -2.19. The fraction of sp³-hybridized carbons (Fsp3) is 0.538. The highest BCUT2D eigenvalue weighted by Crippen LogP contribution is 2.30. The lowest BCUT2D eigenvalue weighted by Crippen LogP contribution is -2.20. The van der Waals surface area contributed by atoms with Gasteiger partial charge in [0.05, 0.1) is 6.61 Å². The van der Waals surface area contributed by atoms with Gasteiger partial charge in [-0.2, -0.15) is 0 Å². The minimum atomic E-state index is 0.633. The molecule has 0 unspecified atom stereocenters. The Kier molecular flexibility index (Phi) is 4.64. The van der Waals surface area contributed by atoms with Crippen LogP contribution in [0.1, 0.15) is 12.5 Å². The lowest BCUT2D eigenvalue weighted by atomic mass is 10.2. The Hall–Kier alpha value is -1.26. The number of benzene rings is 1. The summed E-state index contributed by atoms with van der Waals surface area (Å²) in [5.41, 5.74) is 1.20. The highest BCUT2D eigenvalue weighted by Gasteiger charge is 2.11. The van der Waals surface area contributed by atoms with Crippen LogP contribution in [0.2, 0.25) is 0 Å². The predicted octanol–water partition coefficient (Wildman–Crippen LogP) is 1.58. The van der Waals surface area contributed by atoms with Gasteiger partial charge in [0.1, 0.15) is 13.2 Å². The van der Waals surface area contributed by atoms with Crippen LogP contribution in [0, 0.1) is 0 Å². The van der Waals surface area contributed by atoms with Crippen LogP contribution in [0.4, 0.5) is 0 Å². The molecule has 0 aliphatic carbocycles. The number of hydrogen-bond donors (Lipinski definition) is 1. The van der Waals surface area contributed by atoms with E-state index in [0.29, 0.717) is 13.2 Å². The van der Waals surface area contributed by atoms with E-state index in [1.54, 1.807) is 0 Å². The van der Waals surface area contributed by atoms with Gasteiger partial charge in [-0.1, -0.05) is 6.07 Å². The molecule has 4 nitrogen and oxygen atoms in total. The smallest absolute Gasteiger partial charge is 0.161 e. The highest BCUT2D eigenvalue weighted by atomic mass is 16.6. The second-order valence-electron chi connectivity index (χ2n) is 3.85. The van der Waals surface area contributed by atoms with Gasteiger partial charge in [0.15, 0.2) is 11.5 Å². The molecule has 1 N–H and O–H groups in total. The summed E-state index contributed by atoms with van der Waals surface area (Å²) < 4.78 is 16.3. The Labute approximate surface area is 102 Å². The summed E-state index contributed by atoms with van der Waals surface area (Å²) in [4.78, 5) is 0. The van der Waals surface area contributed by atoms with Gasteiger partial charge in [0.25, 0.3) is 0 Å². The topological polar surface area (TPSA) is 39.7 Å². The van der Waals surface area contributed by atoms with E-state index in [4.69, 9.17) is 14.2 Å². The number of hydrogen-bond acceptors (Lipinski definition) is 4. The van der Waals surface area contributed by atoms with Gasteiger partial charge >= 0.3 is 0 Å². The molecule has 0 bridgehead atoms. The molecule has 1 aliphatic heterocycles. The summed E-state index contributed by atoms with van der Waals surface area (Å²) in [6, 6.07) is 6.05. The molecule has 1 aromatic rings. The molecule has 2 rings (SSSR count). The number of nitrogens with one attached hydrogen (secondary N) is 1. The molecule has 1 aliphatic rings. The van der Waals surface area contributed by atoms with Gasteiger partial charge in [-0.05, 0) is 24.6 Å². The van der Waals surface area contributed by atoms with E-state index < -0.39 is 0 Å². The number of ether oxygens (including phenoxy) is 3. The third kappa shape index (κ3) is 3.61. The van der Waals surface area contributed by atoms with E-state index in [2.05, 4.69) is 11.4 Å². The quantitative estimate of drug-likeness (QED) is 0.763. The zero-order valence-corrected chi connectivity index (χ0v) is 10.2. The second kappa shape index (κ2) is 6.47. The van der Waals surface area contributed by atoms with Crippen LogP contribution in [0.15, 0.2) is 18.2 Å². The Balaban J connectivity index is 1.81. The van der Waals surface area contributed by atoms with Crippen molar-refractivity contribution in [3.05, 3.63) is 23.8 Å². The Morgan fingerprint density at radius 3 is 2.88 bits per heavy atom. The standard InChI is InChI=1S/C13H19NO3/c1-2-15-6-5-14-10-11-3-4-12-13(9-11)17-8-7-16-12/h3-4,9,14H,2,5-8,10H2,1H3. The van der Waals surface area contributed by atoms with Crippen LogP contribution >= 0.6 is 0 Å². The van der Waals surface area contributed by atoms with Crippen molar-refractivity contribution in [2.24, 2.45) is 0 Å². The van der Waals surface area contributed by atoms with Crippen molar-refractivity contribution in [1.82, 2.24) is 5.32 Å². The zero-order chi connectivity index (χ0) is 11.9. The molecule has 0 saturated carbocycles. The summed E-state index contributed by atoms with van der Waals surface area (Å²) >= 11 is 0. The second-order valence-corrected chi connectivity index (χ2v) is 3.85. The van der Waals surface area contributed by atoms with Crippen LogP contribution in [-0.2, 0) is 11.3 Å². The van der Waals surface area contributed by atoms with Crippen molar-refractivity contribution in [3.8, 4) is 11.5 Å². The molecular formula is C13H19NO3. The SMILES string of the molecule is CCOCCNCc1ccc2c(c1)OCCO2. The third-order valence-corrected chi connectivity index (χ3v) is 2.56. The summed E-state index contributed by atoms with van der Waals surface area (Å²) in [5.74, 6) is 1.69. The number of rotatable bonds is 6. The van der Waals surface area contributed by atoms with E-state index in [1.807, 2.05) is 19.1 Å². The first kappa shape index (κ1) is 12.2. The normalized spacial score (nSPS) is 13.7. The van der Waals surface area contributed by atoms with Gasteiger partial charge < -0.3 is 19.5 Å². The molecule has 1 heterocycles. The summed E-state index contributed by atoms with van der Waals surface area (Å²) in [5, 5.41) is 3.32. The molecular weight excluding hydrogens is 218 g/mol. The van der Waals surface area contributed by atoms with Crippen LogP contribution < -0.4 is 14.8 Å². The maximum absolute atomic E-state index is 5.53. The van der Waals surface area contributed by atoms with Gasteiger partial charge in [-0.15, -0.1) is 0 Å². The van der Waals surface area contributed by atoms with E-state index in [-0.39, 0.29) is 0 Å². The molecule has 0 fully saturated rings. The minimum Gasteiger partial charge on any atom is -0.486 e. The van der Waals surface area contributed by atoms with Gasteiger partial charge in [-0.3, -0.25) is 0 Å². The van der Waals surface area contributed by atoms with Gasteiger partial charge in [0.2, 0.25) is 0 Å². The van der Waals surface area contributed by atoms with Crippen molar-refractivity contribution < 1.29 is 14.2 Å². The van der Waals surface area contributed by atoms with Crippen molar-refractivity contribution in [3.63, 3.8) is 0 Å². The van der Waals surface area contributed by atoms with Crippen molar-refractivity contribution in [1.29, 1.82) is 0 Å². The van der Waals surface area contributed by atoms with Crippen LogP contribution in [-0.4, -0.2) is 33.0 Å². The van der Waals surface area contributed by atoms with E-state index >= 15 is 0 Å². The molecule has 94 valence electrons. The van der Waals surface area contributed by atoms with Gasteiger partial charge in [0, 0.05) is 19.7 Å². The molecule has 0 amide bonds. The average Bonchev–Trinajstić information content (AvgIpc) is 2.38. The average molecular weight is 237 g/mol. The number of fused-ring (bicyclic) bond motifs is 1. The molecule has 0 spiro atoms. The predicted molar refractivity (Wildman–Crippen MR) is 65.6 cm³/mol. The maximum Gasteiger partial charge on any atom is 0.161 e. The summed E-state index contributed by atoms with van der Waals surface area (Å²) in [6.45, 7) is 6.48. The van der Waals surface area contributed by atoms with Gasteiger partial charge in [-0.25, -0.2) is 0 Å².